The number of hydrogen-bond donors (Lipinski definition) is 1. The van der Waals surface area contributed by atoms with Crippen LogP contribution in [0.25, 0.3) is 0 Å². The molecule has 0 saturated heterocycles. The fourth-order valence-electron chi connectivity index (χ4n) is 1.38. The molecule has 0 radical (unpaired) electrons. The van der Waals surface area contributed by atoms with E-state index in [0.29, 0.717) is 0 Å². The van der Waals surface area contributed by atoms with E-state index in [0.717, 1.165) is 11.6 Å². The Kier molecular flexibility index (Phi) is 4.12. The molecule has 1 N–H and O–H groups in total. The summed E-state index contributed by atoms with van der Waals surface area (Å²) in [4.78, 5) is 11.2. The number of alkyl halides is 2. The monoisotopic (exact) mass is 240 g/mol. The lowest BCUT2D eigenvalue weighted by molar-refractivity contribution is -0.160. The van der Waals surface area contributed by atoms with E-state index in [9.17, 15) is 18.7 Å². The summed E-state index contributed by atoms with van der Waals surface area (Å²) in [6.07, 6.45) is -1.48. The largest absolute Gasteiger partial charge is 0.382 e. The number of aliphatic hydroxyl groups excluding tert-OH is 1. The van der Waals surface area contributed by atoms with Gasteiger partial charge in [0.15, 0.2) is 0 Å². The first-order valence-corrected chi connectivity index (χ1v) is 5.16. The second kappa shape index (κ2) is 5.19. The van der Waals surface area contributed by atoms with Crippen molar-refractivity contribution in [1.82, 2.24) is 0 Å². The molecule has 2 nitrogen and oxygen atoms in total. The molecule has 0 saturated carbocycles. The molecule has 0 amide bonds. The molecule has 4 heteroatoms. The first kappa shape index (κ1) is 13.5. The zero-order valence-corrected chi connectivity index (χ0v) is 9.49. The SMILES string of the molecule is C=CCC(=O)C(F)(F)C(O)c1ccc(C)cc1. The Morgan fingerprint density at radius 1 is 1.47 bits per heavy atom. The van der Waals surface area contributed by atoms with Gasteiger partial charge in [0.05, 0.1) is 0 Å². The highest BCUT2D eigenvalue weighted by atomic mass is 19.3. The van der Waals surface area contributed by atoms with Crippen LogP contribution >= 0.6 is 0 Å². The molecule has 0 aliphatic carbocycles. The van der Waals surface area contributed by atoms with Crippen molar-refractivity contribution in [1.29, 1.82) is 0 Å². The minimum Gasteiger partial charge on any atom is -0.382 e. The molecule has 92 valence electrons. The van der Waals surface area contributed by atoms with Gasteiger partial charge in [-0.15, -0.1) is 6.58 Å². The van der Waals surface area contributed by atoms with Gasteiger partial charge in [-0.2, -0.15) is 8.78 Å². The van der Waals surface area contributed by atoms with Crippen molar-refractivity contribution in [3.05, 3.63) is 48.0 Å². The Labute approximate surface area is 98.6 Å². The number of benzene rings is 1. The standard InChI is InChI=1S/C13H14F2O2/c1-3-4-11(16)13(14,15)12(17)10-7-5-9(2)6-8-10/h3,5-8,12,17H,1,4H2,2H3. The summed E-state index contributed by atoms with van der Waals surface area (Å²) in [6.45, 7) is 5.02. The molecule has 0 heterocycles. The third-order valence-electron chi connectivity index (χ3n) is 2.44. The van der Waals surface area contributed by atoms with Crippen LogP contribution in [0.1, 0.15) is 23.7 Å². The number of allylic oxidation sites excluding steroid dienone is 1. The Balaban J connectivity index is 2.94. The van der Waals surface area contributed by atoms with Crippen molar-refractivity contribution < 1.29 is 18.7 Å². The van der Waals surface area contributed by atoms with E-state index in [1.165, 1.54) is 12.1 Å². The fourth-order valence-corrected chi connectivity index (χ4v) is 1.38. The predicted octanol–water partition coefficient (Wildman–Crippen LogP) is 2.81. The van der Waals surface area contributed by atoms with Gasteiger partial charge in [-0.1, -0.05) is 35.9 Å². The lowest BCUT2D eigenvalue weighted by atomic mass is 9.98. The van der Waals surface area contributed by atoms with E-state index in [1.54, 1.807) is 19.1 Å². The Morgan fingerprint density at radius 2 is 2.00 bits per heavy atom. The molecule has 0 aliphatic heterocycles. The highest BCUT2D eigenvalue weighted by Crippen LogP contribution is 2.33. The molecule has 1 rings (SSSR count). The third-order valence-corrected chi connectivity index (χ3v) is 2.44. The highest BCUT2D eigenvalue weighted by Gasteiger charge is 2.45. The lowest BCUT2D eigenvalue weighted by Gasteiger charge is -2.21. The van der Waals surface area contributed by atoms with Crippen LogP contribution in [0.4, 0.5) is 8.78 Å². The second-order valence-electron chi connectivity index (χ2n) is 3.85. The summed E-state index contributed by atoms with van der Waals surface area (Å²) in [5, 5.41) is 9.53. The molecule has 1 aromatic rings. The van der Waals surface area contributed by atoms with E-state index in [2.05, 4.69) is 6.58 Å². The van der Waals surface area contributed by atoms with Gasteiger partial charge in [0.2, 0.25) is 5.78 Å². The van der Waals surface area contributed by atoms with E-state index in [4.69, 9.17) is 0 Å². The van der Waals surface area contributed by atoms with Crippen molar-refractivity contribution in [2.75, 3.05) is 0 Å². The van der Waals surface area contributed by atoms with Gasteiger partial charge in [-0.05, 0) is 12.5 Å². The summed E-state index contributed by atoms with van der Waals surface area (Å²) >= 11 is 0. The van der Waals surface area contributed by atoms with Crippen molar-refractivity contribution in [3.63, 3.8) is 0 Å². The number of rotatable bonds is 5. The molecule has 0 bridgehead atoms. The summed E-state index contributed by atoms with van der Waals surface area (Å²) in [7, 11) is 0. The minimum atomic E-state index is -3.79. The van der Waals surface area contributed by atoms with Crippen LogP contribution in [-0.4, -0.2) is 16.8 Å². The van der Waals surface area contributed by atoms with Crippen molar-refractivity contribution in [2.24, 2.45) is 0 Å². The molecule has 1 atom stereocenters. The summed E-state index contributed by atoms with van der Waals surface area (Å²) in [5.74, 6) is -5.12. The van der Waals surface area contributed by atoms with Crippen LogP contribution in [0, 0.1) is 6.92 Å². The number of ketones is 1. The number of carbonyl (C=O) groups excluding carboxylic acids is 1. The molecule has 1 unspecified atom stereocenters. The van der Waals surface area contributed by atoms with Crippen LogP contribution in [0.15, 0.2) is 36.9 Å². The average molecular weight is 240 g/mol. The number of aryl methyl sites for hydroxylation is 1. The molecule has 0 aromatic heterocycles. The number of carbonyl (C=O) groups is 1. The lowest BCUT2D eigenvalue weighted by Crippen LogP contribution is -2.35. The number of halogens is 2. The molecule has 17 heavy (non-hydrogen) atoms. The van der Waals surface area contributed by atoms with Gasteiger partial charge in [-0.25, -0.2) is 0 Å². The molecular formula is C13H14F2O2. The summed E-state index contributed by atoms with van der Waals surface area (Å²) < 4.78 is 27.1. The van der Waals surface area contributed by atoms with Crippen LogP contribution < -0.4 is 0 Å². The molecule has 1 aromatic carbocycles. The smallest absolute Gasteiger partial charge is 0.334 e. The van der Waals surface area contributed by atoms with E-state index in [-0.39, 0.29) is 5.56 Å². The van der Waals surface area contributed by atoms with E-state index >= 15 is 0 Å². The van der Waals surface area contributed by atoms with Crippen LogP contribution in [0.3, 0.4) is 0 Å². The molecule has 0 aliphatic rings. The number of aliphatic hydroxyl groups is 1. The van der Waals surface area contributed by atoms with Crippen LogP contribution in [0.2, 0.25) is 0 Å². The zero-order valence-electron chi connectivity index (χ0n) is 9.49. The van der Waals surface area contributed by atoms with Gasteiger partial charge < -0.3 is 5.11 Å². The predicted molar refractivity (Wildman–Crippen MR) is 60.9 cm³/mol. The van der Waals surface area contributed by atoms with Crippen molar-refractivity contribution >= 4 is 5.78 Å². The van der Waals surface area contributed by atoms with Crippen LogP contribution in [-0.2, 0) is 4.79 Å². The van der Waals surface area contributed by atoms with Gasteiger partial charge in [-0.3, -0.25) is 4.79 Å². The molecule has 0 fully saturated rings. The van der Waals surface area contributed by atoms with E-state index < -0.39 is 24.2 Å². The normalized spacial score (nSPS) is 13.2. The quantitative estimate of drug-likeness (QED) is 0.803. The maximum Gasteiger partial charge on any atom is 0.334 e. The maximum atomic E-state index is 13.5. The highest BCUT2D eigenvalue weighted by molar-refractivity contribution is 5.87. The van der Waals surface area contributed by atoms with Gasteiger partial charge >= 0.3 is 5.92 Å². The average Bonchev–Trinajstić information content (AvgIpc) is 2.29. The zero-order chi connectivity index (χ0) is 13.1. The van der Waals surface area contributed by atoms with Crippen molar-refractivity contribution in [2.45, 2.75) is 25.4 Å². The second-order valence-corrected chi connectivity index (χ2v) is 3.85. The summed E-state index contributed by atoms with van der Waals surface area (Å²) in [6, 6.07) is 5.98. The molecule has 0 spiro atoms. The third kappa shape index (κ3) is 2.97. The van der Waals surface area contributed by atoms with E-state index in [1.807, 2.05) is 0 Å². The van der Waals surface area contributed by atoms with Gasteiger partial charge in [0.1, 0.15) is 6.10 Å². The topological polar surface area (TPSA) is 37.3 Å². The Bertz CT molecular complexity index is 410. The van der Waals surface area contributed by atoms with Crippen LogP contribution in [0.5, 0.6) is 0 Å². The summed E-state index contributed by atoms with van der Waals surface area (Å²) in [5.41, 5.74) is 0.916. The van der Waals surface area contributed by atoms with Gasteiger partial charge in [0.25, 0.3) is 0 Å². The maximum absolute atomic E-state index is 13.5. The number of hydrogen-bond acceptors (Lipinski definition) is 2. The first-order chi connectivity index (χ1) is 7.89. The number of Topliss-reactive ketones (excluding diaryl/α,β-unsaturated/α-hetero) is 1. The first-order valence-electron chi connectivity index (χ1n) is 5.16. The fraction of sp³-hybridized carbons (Fsp3) is 0.308. The van der Waals surface area contributed by atoms with Gasteiger partial charge in [0, 0.05) is 6.42 Å². The van der Waals surface area contributed by atoms with Crippen molar-refractivity contribution in [3.8, 4) is 0 Å². The molecular weight excluding hydrogens is 226 g/mol. The Hall–Kier alpha value is -1.55. The minimum absolute atomic E-state index is 0.0259. The Morgan fingerprint density at radius 3 is 2.47 bits per heavy atom.